The molecule has 2 aromatic heterocycles. The molecule has 0 spiro atoms. The number of hydrogen-bond acceptors (Lipinski definition) is 4. The minimum Gasteiger partial charge on any atom is -0.342 e. The lowest BCUT2D eigenvalue weighted by Gasteiger charge is -2.20. The van der Waals surface area contributed by atoms with E-state index >= 15 is 0 Å². The number of pyridine rings is 1. The van der Waals surface area contributed by atoms with E-state index < -0.39 is 0 Å². The lowest BCUT2D eigenvalue weighted by atomic mass is 10.0. The fourth-order valence-corrected chi connectivity index (χ4v) is 3.56. The van der Waals surface area contributed by atoms with E-state index in [4.69, 9.17) is 0 Å². The van der Waals surface area contributed by atoms with Gasteiger partial charge in [0.15, 0.2) is 0 Å². The molecule has 2 heterocycles. The number of hydrogen-bond donors (Lipinski definition) is 1. The third-order valence-electron chi connectivity index (χ3n) is 5.16. The van der Waals surface area contributed by atoms with Gasteiger partial charge in [-0.1, -0.05) is 44.2 Å². The average molecular weight is 408 g/mol. The molecule has 0 aliphatic carbocycles. The molecule has 3 rings (SSSR count). The highest BCUT2D eigenvalue weighted by Crippen LogP contribution is 2.19. The van der Waals surface area contributed by atoms with Crippen LogP contribution in [0.2, 0.25) is 0 Å². The van der Waals surface area contributed by atoms with Gasteiger partial charge in [0, 0.05) is 19.8 Å². The Morgan fingerprint density at radius 3 is 2.53 bits per heavy atom. The molecule has 0 saturated heterocycles. The van der Waals surface area contributed by atoms with Crippen molar-refractivity contribution in [2.45, 2.75) is 46.2 Å². The van der Waals surface area contributed by atoms with Gasteiger partial charge in [-0.05, 0) is 42.9 Å². The Bertz CT molecular complexity index is 1050. The standard InChI is InChI=1S/C23H29N5O2/c1-16(2)14-19(21-24-15-25-27(21)4)26-22(29)20-17(3)10-12-28(23(20)30)13-11-18-8-6-5-7-9-18/h5-10,12,15-16,19H,11,13-14H2,1-4H3,(H,26,29). The Morgan fingerprint density at radius 1 is 1.17 bits per heavy atom. The molecule has 0 aliphatic rings. The van der Waals surface area contributed by atoms with E-state index in [0.717, 1.165) is 12.0 Å². The van der Waals surface area contributed by atoms with Gasteiger partial charge in [0.1, 0.15) is 17.7 Å². The van der Waals surface area contributed by atoms with Gasteiger partial charge in [-0.3, -0.25) is 14.3 Å². The SMILES string of the molecule is Cc1ccn(CCc2ccccc2)c(=O)c1C(=O)NC(CC(C)C)c1ncnn1C. The Hall–Kier alpha value is -3.22. The van der Waals surface area contributed by atoms with Crippen molar-refractivity contribution in [1.29, 1.82) is 0 Å². The molecule has 30 heavy (non-hydrogen) atoms. The summed E-state index contributed by atoms with van der Waals surface area (Å²) in [6.07, 6.45) is 4.65. The Labute approximate surface area is 176 Å². The number of nitrogens with zero attached hydrogens (tertiary/aromatic N) is 4. The van der Waals surface area contributed by atoms with Crippen molar-refractivity contribution in [3.05, 3.63) is 81.8 Å². The molecule has 0 saturated carbocycles. The average Bonchev–Trinajstić information content (AvgIpc) is 3.13. The number of aromatic nitrogens is 4. The van der Waals surface area contributed by atoms with Gasteiger partial charge in [-0.2, -0.15) is 5.10 Å². The fourth-order valence-electron chi connectivity index (χ4n) is 3.56. The number of aryl methyl sites for hydroxylation is 4. The molecular weight excluding hydrogens is 378 g/mol. The maximum absolute atomic E-state index is 13.1. The number of carbonyl (C=O) groups excluding carboxylic acids is 1. The minimum atomic E-state index is -0.375. The quantitative estimate of drug-likeness (QED) is 0.622. The smallest absolute Gasteiger partial charge is 0.263 e. The number of nitrogens with one attached hydrogen (secondary N) is 1. The predicted molar refractivity (Wildman–Crippen MR) is 116 cm³/mol. The first-order valence-corrected chi connectivity index (χ1v) is 10.3. The van der Waals surface area contributed by atoms with E-state index in [0.29, 0.717) is 30.3 Å². The largest absolute Gasteiger partial charge is 0.342 e. The second-order valence-electron chi connectivity index (χ2n) is 8.01. The van der Waals surface area contributed by atoms with Crippen LogP contribution in [0.4, 0.5) is 0 Å². The molecule has 0 aliphatic heterocycles. The van der Waals surface area contributed by atoms with Crippen LogP contribution < -0.4 is 10.9 Å². The maximum Gasteiger partial charge on any atom is 0.263 e. The van der Waals surface area contributed by atoms with Crippen LogP contribution in [0.15, 0.2) is 53.7 Å². The molecule has 1 amide bonds. The van der Waals surface area contributed by atoms with Crippen LogP contribution in [0.3, 0.4) is 0 Å². The summed E-state index contributed by atoms with van der Waals surface area (Å²) in [5, 5.41) is 7.13. The van der Waals surface area contributed by atoms with E-state index in [9.17, 15) is 9.59 Å². The molecule has 1 atom stereocenters. The van der Waals surface area contributed by atoms with Crippen LogP contribution >= 0.6 is 0 Å². The molecule has 1 aromatic carbocycles. The first kappa shape index (κ1) is 21.5. The second kappa shape index (κ2) is 9.52. The van der Waals surface area contributed by atoms with Gasteiger partial charge in [-0.15, -0.1) is 0 Å². The van der Waals surface area contributed by atoms with Crippen molar-refractivity contribution >= 4 is 5.91 Å². The number of rotatable bonds is 8. The monoisotopic (exact) mass is 407 g/mol. The van der Waals surface area contributed by atoms with E-state index in [1.54, 1.807) is 29.4 Å². The Balaban J connectivity index is 1.83. The minimum absolute atomic E-state index is 0.182. The van der Waals surface area contributed by atoms with Crippen molar-refractivity contribution in [3.63, 3.8) is 0 Å². The third kappa shape index (κ3) is 5.03. The molecule has 1 unspecified atom stereocenters. The zero-order valence-corrected chi connectivity index (χ0v) is 18.0. The van der Waals surface area contributed by atoms with E-state index in [2.05, 4.69) is 29.2 Å². The number of carbonyl (C=O) groups is 1. The highest BCUT2D eigenvalue weighted by atomic mass is 16.2. The van der Waals surface area contributed by atoms with Gasteiger partial charge in [-0.25, -0.2) is 4.98 Å². The van der Waals surface area contributed by atoms with Gasteiger partial charge in [0.25, 0.3) is 11.5 Å². The second-order valence-corrected chi connectivity index (χ2v) is 8.01. The Kier molecular flexibility index (Phi) is 6.82. The molecule has 3 aromatic rings. The summed E-state index contributed by atoms with van der Waals surface area (Å²) in [7, 11) is 1.80. The number of benzene rings is 1. The van der Waals surface area contributed by atoms with E-state index in [1.807, 2.05) is 36.4 Å². The molecule has 7 heteroatoms. The third-order valence-corrected chi connectivity index (χ3v) is 5.16. The van der Waals surface area contributed by atoms with Gasteiger partial charge in [0.05, 0.1) is 6.04 Å². The van der Waals surface area contributed by atoms with Gasteiger partial charge < -0.3 is 9.88 Å². The van der Waals surface area contributed by atoms with Gasteiger partial charge in [0.2, 0.25) is 0 Å². The van der Waals surface area contributed by atoms with Crippen LogP contribution in [0.5, 0.6) is 0 Å². The highest BCUT2D eigenvalue weighted by molar-refractivity contribution is 5.95. The number of amides is 1. The molecule has 7 nitrogen and oxygen atoms in total. The summed E-state index contributed by atoms with van der Waals surface area (Å²) in [4.78, 5) is 30.5. The van der Waals surface area contributed by atoms with Crippen LogP contribution in [0.1, 0.15) is 53.6 Å². The fraction of sp³-hybridized carbons (Fsp3) is 0.391. The summed E-state index contributed by atoms with van der Waals surface area (Å²) in [6.45, 7) is 6.47. The summed E-state index contributed by atoms with van der Waals surface area (Å²) in [5.74, 6) is 0.640. The lowest BCUT2D eigenvalue weighted by molar-refractivity contribution is 0.0926. The molecule has 0 fully saturated rings. The molecule has 1 N–H and O–H groups in total. The van der Waals surface area contributed by atoms with E-state index in [1.165, 1.54) is 6.33 Å². The normalized spacial score (nSPS) is 12.2. The van der Waals surface area contributed by atoms with Crippen molar-refractivity contribution in [1.82, 2.24) is 24.6 Å². The lowest BCUT2D eigenvalue weighted by Crippen LogP contribution is -2.37. The highest BCUT2D eigenvalue weighted by Gasteiger charge is 2.24. The van der Waals surface area contributed by atoms with E-state index in [-0.39, 0.29) is 23.1 Å². The molecule has 0 bridgehead atoms. The summed E-state index contributed by atoms with van der Waals surface area (Å²) in [5.41, 5.74) is 1.72. The summed E-state index contributed by atoms with van der Waals surface area (Å²) >= 11 is 0. The zero-order chi connectivity index (χ0) is 21.7. The Morgan fingerprint density at radius 2 is 1.90 bits per heavy atom. The summed E-state index contributed by atoms with van der Waals surface area (Å²) < 4.78 is 3.26. The van der Waals surface area contributed by atoms with Crippen LogP contribution in [0.25, 0.3) is 0 Å². The first-order valence-electron chi connectivity index (χ1n) is 10.3. The maximum atomic E-state index is 13.1. The van der Waals surface area contributed by atoms with Crippen molar-refractivity contribution < 1.29 is 4.79 Å². The van der Waals surface area contributed by atoms with Crippen molar-refractivity contribution in [3.8, 4) is 0 Å². The molecule has 158 valence electrons. The van der Waals surface area contributed by atoms with Crippen LogP contribution in [-0.2, 0) is 20.0 Å². The summed E-state index contributed by atoms with van der Waals surface area (Å²) in [6, 6.07) is 11.5. The predicted octanol–water partition coefficient (Wildman–Crippen LogP) is 3.05. The molecule has 0 radical (unpaired) electrons. The first-order chi connectivity index (χ1) is 14.4. The topological polar surface area (TPSA) is 81.8 Å². The molecular formula is C23H29N5O2. The van der Waals surface area contributed by atoms with Gasteiger partial charge >= 0.3 is 0 Å². The zero-order valence-electron chi connectivity index (χ0n) is 18.0. The van der Waals surface area contributed by atoms with Crippen LogP contribution in [0, 0.1) is 12.8 Å². The van der Waals surface area contributed by atoms with Crippen molar-refractivity contribution in [2.75, 3.05) is 0 Å². The van der Waals surface area contributed by atoms with Crippen LogP contribution in [-0.4, -0.2) is 25.2 Å². The van der Waals surface area contributed by atoms with Crippen molar-refractivity contribution in [2.24, 2.45) is 13.0 Å².